The van der Waals surface area contributed by atoms with Gasteiger partial charge >= 0.3 is 18.4 Å². The second kappa shape index (κ2) is 12.1. The van der Waals surface area contributed by atoms with E-state index in [1.165, 1.54) is 0 Å². The van der Waals surface area contributed by atoms with E-state index in [-0.39, 0.29) is 31.0 Å². The summed E-state index contributed by atoms with van der Waals surface area (Å²) in [6, 6.07) is 4.49. The number of hydrogen-bond acceptors (Lipinski definition) is 6. The largest absolute Gasteiger partial charge is 0.420 e. The van der Waals surface area contributed by atoms with E-state index in [0.717, 1.165) is 48.6 Å². The van der Waals surface area contributed by atoms with Gasteiger partial charge in [-0.1, -0.05) is 13.8 Å². The zero-order chi connectivity index (χ0) is 30.8. The molecule has 0 bridgehead atoms. The smallest absolute Gasteiger partial charge is 0.409 e. The fourth-order valence-corrected chi connectivity index (χ4v) is 4.01. The van der Waals surface area contributed by atoms with E-state index in [1.54, 1.807) is 0 Å². The zero-order valence-corrected chi connectivity index (χ0v) is 22.2. The fourth-order valence-electron chi connectivity index (χ4n) is 4.01. The van der Waals surface area contributed by atoms with E-state index in [9.17, 15) is 40.6 Å². The first-order valence-corrected chi connectivity index (χ1v) is 12.2. The third-order valence-corrected chi connectivity index (χ3v) is 6.79. The maximum absolute atomic E-state index is 14.0. The monoisotopic (exact) mass is 591 g/mol. The fraction of sp³-hybridized carbons (Fsp3) is 0.407. The Bertz CT molecular complexity index is 1310. The molecule has 3 rings (SSSR count). The molecule has 41 heavy (non-hydrogen) atoms. The van der Waals surface area contributed by atoms with Gasteiger partial charge in [0.05, 0.1) is 36.5 Å². The molecular formula is C27H28F7N3O4. The van der Waals surface area contributed by atoms with Crippen LogP contribution in [0, 0.1) is 11.2 Å². The number of benzene rings is 2. The summed E-state index contributed by atoms with van der Waals surface area (Å²) in [6.45, 7) is 3.64. The summed E-state index contributed by atoms with van der Waals surface area (Å²) in [5, 5.41) is 9.79. The first-order chi connectivity index (χ1) is 19.0. The van der Waals surface area contributed by atoms with Gasteiger partial charge in [0.15, 0.2) is 5.75 Å². The van der Waals surface area contributed by atoms with E-state index in [4.69, 9.17) is 15.2 Å². The first-order valence-electron chi connectivity index (χ1n) is 12.2. The normalized spacial score (nSPS) is 19.2. The third kappa shape index (κ3) is 7.36. The average molecular weight is 592 g/mol. The highest BCUT2D eigenvalue weighted by molar-refractivity contribution is 6.11. The van der Waals surface area contributed by atoms with Crippen molar-refractivity contribution in [2.45, 2.75) is 44.8 Å². The summed E-state index contributed by atoms with van der Waals surface area (Å²) in [4.78, 5) is 17.5. The van der Waals surface area contributed by atoms with Crippen LogP contribution in [0.2, 0.25) is 0 Å². The molecule has 0 radical (unpaired) electrons. The molecule has 1 amide bonds. The van der Waals surface area contributed by atoms with Gasteiger partial charge < -0.3 is 20.3 Å². The van der Waals surface area contributed by atoms with E-state index in [1.807, 2.05) is 13.8 Å². The standard InChI is InChI=1S/C27H28F7N3O4/c1-25(2)21(38)12-22(25)40-9-8-36-14-15(13-35)19-10-16(26(29,30)31)11-20(27(32,33)34)23(19)41-24(39)37(3)18-6-4-17(28)5-7-18/h4-7,10-11,13-14,21-22,38H,8-9,12,35H2,1-3H3. The number of allylic oxidation sites excluding steroid dienone is 1. The third-order valence-electron chi connectivity index (χ3n) is 6.79. The van der Waals surface area contributed by atoms with Crippen molar-refractivity contribution in [3.8, 4) is 5.75 Å². The number of carbonyl (C=O) groups is 1. The minimum Gasteiger partial charge on any atom is -0.409 e. The number of amides is 1. The topological polar surface area (TPSA) is 97.4 Å². The Morgan fingerprint density at radius 3 is 2.29 bits per heavy atom. The summed E-state index contributed by atoms with van der Waals surface area (Å²) in [5.41, 5.74) is 0.422. The van der Waals surface area contributed by atoms with Crippen molar-refractivity contribution in [2.75, 3.05) is 25.1 Å². The van der Waals surface area contributed by atoms with Gasteiger partial charge in [0.2, 0.25) is 0 Å². The Balaban J connectivity index is 1.95. The minimum atomic E-state index is -5.37. The molecule has 7 nitrogen and oxygen atoms in total. The molecule has 1 saturated carbocycles. The van der Waals surface area contributed by atoms with Crippen molar-refractivity contribution in [1.82, 2.24) is 0 Å². The number of rotatable bonds is 8. The van der Waals surface area contributed by atoms with Gasteiger partial charge in [0, 0.05) is 48.1 Å². The molecule has 2 aromatic carbocycles. The average Bonchev–Trinajstić information content (AvgIpc) is 2.89. The molecule has 1 fully saturated rings. The molecule has 2 unspecified atom stereocenters. The van der Waals surface area contributed by atoms with Gasteiger partial charge in [-0.25, -0.2) is 9.18 Å². The number of aliphatic hydroxyl groups excluding tert-OH is 1. The number of hydrogen-bond donors (Lipinski definition) is 2. The van der Waals surface area contributed by atoms with Gasteiger partial charge in [-0.3, -0.25) is 9.89 Å². The van der Waals surface area contributed by atoms with Crippen LogP contribution in [0.5, 0.6) is 5.75 Å². The number of anilines is 1. The van der Waals surface area contributed by atoms with Crippen LogP contribution in [0.4, 0.5) is 41.2 Å². The van der Waals surface area contributed by atoms with Crippen LogP contribution >= 0.6 is 0 Å². The predicted molar refractivity (Wildman–Crippen MR) is 137 cm³/mol. The predicted octanol–water partition coefficient (Wildman–Crippen LogP) is 6.04. The lowest BCUT2D eigenvalue weighted by Crippen LogP contribution is -2.54. The van der Waals surface area contributed by atoms with E-state index in [2.05, 4.69) is 4.99 Å². The minimum absolute atomic E-state index is 0.0342. The van der Waals surface area contributed by atoms with Crippen LogP contribution in [-0.4, -0.2) is 49.8 Å². The Hall–Kier alpha value is -3.65. The Labute approximate surface area is 231 Å². The Morgan fingerprint density at radius 1 is 1.15 bits per heavy atom. The molecule has 1 aliphatic rings. The molecule has 0 spiro atoms. The second-order valence-electron chi connectivity index (χ2n) is 9.89. The van der Waals surface area contributed by atoms with Gasteiger partial charge in [-0.2, -0.15) is 26.3 Å². The molecule has 0 aliphatic heterocycles. The molecule has 224 valence electrons. The van der Waals surface area contributed by atoms with Crippen LogP contribution < -0.4 is 15.4 Å². The van der Waals surface area contributed by atoms with Crippen molar-refractivity contribution < 1.29 is 50.1 Å². The van der Waals surface area contributed by atoms with Crippen LogP contribution in [0.15, 0.2) is 47.6 Å². The maximum atomic E-state index is 14.0. The second-order valence-corrected chi connectivity index (χ2v) is 9.89. The van der Waals surface area contributed by atoms with Crippen molar-refractivity contribution in [1.29, 1.82) is 0 Å². The van der Waals surface area contributed by atoms with Gasteiger partial charge in [0.1, 0.15) is 5.82 Å². The summed E-state index contributed by atoms with van der Waals surface area (Å²) in [5.74, 6) is -1.87. The number of nitrogens with zero attached hydrogens (tertiary/aromatic N) is 2. The van der Waals surface area contributed by atoms with E-state index >= 15 is 0 Å². The van der Waals surface area contributed by atoms with Crippen molar-refractivity contribution >= 4 is 23.6 Å². The van der Waals surface area contributed by atoms with Crippen molar-refractivity contribution in [3.05, 3.63) is 65.1 Å². The number of aliphatic hydroxyl groups is 1. The summed E-state index contributed by atoms with van der Waals surface area (Å²) >= 11 is 0. The van der Waals surface area contributed by atoms with E-state index < -0.39 is 63.8 Å². The highest BCUT2D eigenvalue weighted by Gasteiger charge is 2.48. The Morgan fingerprint density at radius 2 is 1.78 bits per heavy atom. The highest BCUT2D eigenvalue weighted by Crippen LogP contribution is 2.45. The first kappa shape index (κ1) is 31.9. The molecule has 0 saturated heterocycles. The summed E-state index contributed by atoms with van der Waals surface area (Å²) < 4.78 is 107. The number of nitrogens with two attached hydrogens (primary N) is 1. The van der Waals surface area contributed by atoms with E-state index in [0.29, 0.717) is 12.5 Å². The number of halogens is 7. The van der Waals surface area contributed by atoms with Gasteiger partial charge in [-0.15, -0.1) is 0 Å². The molecular weight excluding hydrogens is 563 g/mol. The lowest BCUT2D eigenvalue weighted by Gasteiger charge is -2.48. The number of carbonyl (C=O) groups excluding carboxylic acids is 1. The van der Waals surface area contributed by atoms with Gasteiger partial charge in [-0.05, 0) is 36.4 Å². The lowest BCUT2D eigenvalue weighted by atomic mass is 9.66. The number of alkyl halides is 6. The SMILES string of the molecule is CN(C(=O)Oc1c(C(C=NCCOC2CC(O)C2(C)C)=CN)cc(C(F)(F)F)cc1C(F)(F)F)c1ccc(F)cc1. The Kier molecular flexibility index (Phi) is 9.38. The molecule has 1 aliphatic carbocycles. The molecule has 2 aromatic rings. The highest BCUT2D eigenvalue weighted by atomic mass is 19.4. The molecule has 3 N–H and O–H groups in total. The molecule has 14 heteroatoms. The van der Waals surface area contributed by atoms with Crippen molar-refractivity contribution in [3.63, 3.8) is 0 Å². The molecule has 0 aromatic heterocycles. The van der Waals surface area contributed by atoms with Gasteiger partial charge in [0.25, 0.3) is 0 Å². The quantitative estimate of drug-likeness (QED) is 0.222. The van der Waals surface area contributed by atoms with Crippen molar-refractivity contribution in [2.24, 2.45) is 16.1 Å². The maximum Gasteiger partial charge on any atom is 0.420 e. The van der Waals surface area contributed by atoms with Crippen LogP contribution in [0.3, 0.4) is 0 Å². The molecule has 2 atom stereocenters. The molecule has 0 heterocycles. The number of ether oxygens (including phenoxy) is 2. The number of aliphatic imine (C=N–C) groups is 1. The van der Waals surface area contributed by atoms with Crippen LogP contribution in [-0.2, 0) is 17.1 Å². The van der Waals surface area contributed by atoms with Crippen LogP contribution in [0.1, 0.15) is 37.0 Å². The summed E-state index contributed by atoms with van der Waals surface area (Å²) in [6.07, 6.45) is -10.6. The zero-order valence-electron chi connectivity index (χ0n) is 22.2. The summed E-state index contributed by atoms with van der Waals surface area (Å²) in [7, 11) is 1.12. The lowest BCUT2D eigenvalue weighted by molar-refractivity contribution is -0.173. The van der Waals surface area contributed by atoms with Crippen LogP contribution in [0.25, 0.3) is 5.57 Å².